The fraction of sp³-hybridized carbons (Fsp3) is 0.250. The van der Waals surface area contributed by atoms with Gasteiger partial charge in [-0.05, 0) is 30.7 Å². The van der Waals surface area contributed by atoms with Gasteiger partial charge >= 0.3 is 5.97 Å². The molecule has 0 atom stereocenters. The van der Waals surface area contributed by atoms with Crippen LogP contribution in [0.15, 0.2) is 41.4 Å². The second kappa shape index (κ2) is 7.39. The molecule has 2 rings (SSSR count). The van der Waals surface area contributed by atoms with Crippen LogP contribution in [-0.2, 0) is 20.3 Å². The van der Waals surface area contributed by atoms with Crippen LogP contribution in [0.5, 0.6) is 0 Å². The summed E-state index contributed by atoms with van der Waals surface area (Å²) in [5.41, 5.74) is 0.727. The Labute approximate surface area is 139 Å². The van der Waals surface area contributed by atoms with Crippen LogP contribution in [0.25, 0.3) is 0 Å². The summed E-state index contributed by atoms with van der Waals surface area (Å²) in [6.45, 7) is 1.85. The van der Waals surface area contributed by atoms with Crippen molar-refractivity contribution in [2.45, 2.75) is 17.6 Å². The van der Waals surface area contributed by atoms with Crippen LogP contribution in [0.2, 0.25) is 0 Å². The maximum Gasteiger partial charge on any atom is 0.359 e. The average molecular weight is 352 g/mol. The first kappa shape index (κ1) is 17.9. The number of nitrogens with zero attached hydrogens (tertiary/aromatic N) is 1. The van der Waals surface area contributed by atoms with E-state index in [0.717, 1.165) is 6.20 Å². The van der Waals surface area contributed by atoms with Gasteiger partial charge in [0.2, 0.25) is 0 Å². The minimum Gasteiger partial charge on any atom is -0.461 e. The highest BCUT2D eigenvalue weighted by atomic mass is 32.2. The van der Waals surface area contributed by atoms with Crippen molar-refractivity contribution in [2.24, 2.45) is 0 Å². The number of anilines is 1. The van der Waals surface area contributed by atoms with E-state index in [1.807, 2.05) is 0 Å². The molecule has 0 aliphatic heterocycles. The molecule has 1 aromatic carbocycles. The van der Waals surface area contributed by atoms with Gasteiger partial charge in [0.15, 0.2) is 15.5 Å². The molecule has 0 radical (unpaired) electrons. The lowest BCUT2D eigenvalue weighted by Gasteiger charge is -2.10. The summed E-state index contributed by atoms with van der Waals surface area (Å²) in [5, 5.41) is 2.74. The van der Waals surface area contributed by atoms with Crippen LogP contribution in [-0.4, -0.2) is 33.0 Å². The van der Waals surface area contributed by atoms with Crippen LogP contribution < -0.4 is 5.32 Å². The van der Waals surface area contributed by atoms with Gasteiger partial charge in [0.1, 0.15) is 5.82 Å². The first-order chi connectivity index (χ1) is 11.4. The zero-order chi connectivity index (χ0) is 17.7. The Morgan fingerprint density at radius 1 is 1.29 bits per heavy atom. The number of rotatable bonds is 6. The average Bonchev–Trinajstić information content (AvgIpc) is 2.56. The number of pyridine rings is 1. The molecule has 1 aromatic heterocycles. The molecule has 6 nitrogen and oxygen atoms in total. The number of nitrogens with one attached hydrogen (secondary N) is 1. The zero-order valence-corrected chi connectivity index (χ0v) is 14.1. The second-order valence-electron chi connectivity index (χ2n) is 4.92. The van der Waals surface area contributed by atoms with E-state index in [1.165, 1.54) is 30.3 Å². The molecule has 2 aromatic rings. The Morgan fingerprint density at radius 2 is 1.96 bits per heavy atom. The highest BCUT2D eigenvalue weighted by molar-refractivity contribution is 7.90. The van der Waals surface area contributed by atoms with Crippen molar-refractivity contribution in [3.63, 3.8) is 0 Å². The zero-order valence-electron chi connectivity index (χ0n) is 13.2. The molecule has 8 heteroatoms. The van der Waals surface area contributed by atoms with E-state index in [9.17, 15) is 17.6 Å². The molecule has 128 valence electrons. The Bertz CT molecular complexity index is 836. The topological polar surface area (TPSA) is 85.4 Å². The van der Waals surface area contributed by atoms with E-state index in [0.29, 0.717) is 5.56 Å². The minimum atomic E-state index is -3.69. The fourth-order valence-electron chi connectivity index (χ4n) is 2.05. The third-order valence-electron chi connectivity index (χ3n) is 3.23. The van der Waals surface area contributed by atoms with E-state index in [2.05, 4.69) is 10.3 Å². The van der Waals surface area contributed by atoms with Crippen LogP contribution in [0, 0.1) is 5.82 Å². The predicted molar refractivity (Wildman–Crippen MR) is 87.0 cm³/mol. The number of carbonyl (C=O) groups excluding carboxylic acids is 1. The largest absolute Gasteiger partial charge is 0.461 e. The lowest BCUT2D eigenvalue weighted by molar-refractivity contribution is 0.0520. The maximum atomic E-state index is 12.9. The van der Waals surface area contributed by atoms with Crippen LogP contribution in [0.3, 0.4) is 0 Å². The number of aromatic nitrogens is 1. The number of esters is 1. The normalized spacial score (nSPS) is 11.1. The molecule has 0 spiro atoms. The van der Waals surface area contributed by atoms with Crippen LogP contribution in [0.1, 0.15) is 23.0 Å². The first-order valence-electron chi connectivity index (χ1n) is 7.19. The Hall–Kier alpha value is -2.48. The lowest BCUT2D eigenvalue weighted by Crippen LogP contribution is -2.13. The number of halogens is 1. The Balaban J connectivity index is 2.33. The van der Waals surface area contributed by atoms with E-state index < -0.39 is 21.6 Å². The van der Waals surface area contributed by atoms with Crippen molar-refractivity contribution in [2.75, 3.05) is 19.0 Å². The molecular weight excluding hydrogens is 335 g/mol. The highest BCUT2D eigenvalue weighted by Gasteiger charge is 2.21. The van der Waals surface area contributed by atoms with E-state index in [-0.39, 0.29) is 28.6 Å². The molecule has 0 bridgehead atoms. The summed E-state index contributed by atoms with van der Waals surface area (Å²) < 4.78 is 42.8. The predicted octanol–water partition coefficient (Wildman–Crippen LogP) is 2.41. The fourth-order valence-corrected chi connectivity index (χ4v) is 3.36. The first-order valence-corrected chi connectivity index (χ1v) is 8.84. The SMILES string of the molecule is CCOC(=O)c1ncc(S(=O)(=O)Cc2ccc(F)cc2)cc1NC. The third-order valence-corrected chi connectivity index (χ3v) is 4.88. The molecule has 0 amide bonds. The Kier molecular flexibility index (Phi) is 5.50. The molecule has 24 heavy (non-hydrogen) atoms. The third kappa shape index (κ3) is 4.08. The molecule has 1 N–H and O–H groups in total. The Morgan fingerprint density at radius 3 is 2.54 bits per heavy atom. The summed E-state index contributed by atoms with van der Waals surface area (Å²) in [5.74, 6) is -1.37. The molecule has 0 saturated carbocycles. The monoisotopic (exact) mass is 352 g/mol. The van der Waals surface area contributed by atoms with Gasteiger partial charge < -0.3 is 10.1 Å². The highest BCUT2D eigenvalue weighted by Crippen LogP contribution is 2.22. The van der Waals surface area contributed by atoms with E-state index in [1.54, 1.807) is 14.0 Å². The van der Waals surface area contributed by atoms with Crippen molar-refractivity contribution in [1.82, 2.24) is 4.98 Å². The van der Waals surface area contributed by atoms with Crippen molar-refractivity contribution < 1.29 is 22.3 Å². The van der Waals surface area contributed by atoms with Crippen molar-refractivity contribution in [3.05, 3.63) is 53.6 Å². The van der Waals surface area contributed by atoms with Crippen molar-refractivity contribution >= 4 is 21.5 Å². The van der Waals surface area contributed by atoms with Gasteiger partial charge in [-0.3, -0.25) is 0 Å². The van der Waals surface area contributed by atoms with Gasteiger partial charge in [-0.15, -0.1) is 0 Å². The van der Waals surface area contributed by atoms with Gasteiger partial charge in [0, 0.05) is 13.2 Å². The standard InChI is InChI=1S/C16H17FN2O4S/c1-3-23-16(20)15-14(18-2)8-13(9-19-15)24(21,22)10-11-4-6-12(17)7-5-11/h4-9,18H,3,10H2,1-2H3. The maximum absolute atomic E-state index is 12.9. The summed E-state index contributed by atoms with van der Waals surface area (Å²) in [7, 11) is -2.14. The number of carbonyl (C=O) groups is 1. The summed E-state index contributed by atoms with van der Waals surface area (Å²) >= 11 is 0. The summed E-state index contributed by atoms with van der Waals surface area (Å²) in [6, 6.07) is 6.55. The molecule has 0 aliphatic carbocycles. The molecule has 0 aliphatic rings. The van der Waals surface area contributed by atoms with E-state index in [4.69, 9.17) is 4.74 Å². The van der Waals surface area contributed by atoms with Gasteiger partial charge in [-0.2, -0.15) is 0 Å². The minimum absolute atomic E-state index is 0.0140. The molecular formula is C16H17FN2O4S. The summed E-state index contributed by atoms with van der Waals surface area (Å²) in [6.07, 6.45) is 1.12. The lowest BCUT2D eigenvalue weighted by atomic mass is 10.2. The van der Waals surface area contributed by atoms with Crippen molar-refractivity contribution in [3.8, 4) is 0 Å². The molecule has 0 unspecified atom stereocenters. The van der Waals surface area contributed by atoms with Crippen molar-refractivity contribution in [1.29, 1.82) is 0 Å². The van der Waals surface area contributed by atoms with Gasteiger partial charge in [0.25, 0.3) is 0 Å². The number of ether oxygens (including phenoxy) is 1. The summed E-state index contributed by atoms with van der Waals surface area (Å²) in [4.78, 5) is 15.7. The van der Waals surface area contributed by atoms with E-state index >= 15 is 0 Å². The molecule has 0 fully saturated rings. The molecule has 0 saturated heterocycles. The number of sulfone groups is 1. The number of hydrogen-bond acceptors (Lipinski definition) is 6. The van der Waals surface area contributed by atoms with Crippen LogP contribution in [0.4, 0.5) is 10.1 Å². The number of hydrogen-bond donors (Lipinski definition) is 1. The van der Waals surface area contributed by atoms with Gasteiger partial charge in [-0.1, -0.05) is 12.1 Å². The smallest absolute Gasteiger partial charge is 0.359 e. The van der Waals surface area contributed by atoms with Gasteiger partial charge in [-0.25, -0.2) is 22.6 Å². The quantitative estimate of drug-likeness (QED) is 0.804. The van der Waals surface area contributed by atoms with Crippen LogP contribution >= 0.6 is 0 Å². The second-order valence-corrected chi connectivity index (χ2v) is 6.91. The molecule has 1 heterocycles. The number of benzene rings is 1. The van der Waals surface area contributed by atoms with Gasteiger partial charge in [0.05, 0.1) is 22.9 Å².